The number of nitrogens with zero attached hydrogens (tertiary/aromatic N) is 1. The summed E-state index contributed by atoms with van der Waals surface area (Å²) in [5.41, 5.74) is 2.39. The standard InChI is InChI=1S/C20H19BrN2O4/c1-4-27-20(24)15-11-22-16-7-5-12(21)9-14(16)19(15)23-17-8-6-13(25-2)10-18(17)26-3/h5-11H,4H2,1-3H3,(H,22,23). The predicted octanol–water partition coefficient (Wildman–Crippen LogP) is 4.93. The van der Waals surface area contributed by atoms with Crippen molar-refractivity contribution in [3.8, 4) is 11.5 Å². The van der Waals surface area contributed by atoms with Crippen molar-refractivity contribution in [1.82, 2.24) is 4.98 Å². The summed E-state index contributed by atoms with van der Waals surface area (Å²) in [5, 5.41) is 4.10. The molecule has 0 amide bonds. The van der Waals surface area contributed by atoms with Crippen molar-refractivity contribution in [3.63, 3.8) is 0 Å². The topological polar surface area (TPSA) is 69.7 Å². The number of carbonyl (C=O) groups excluding carboxylic acids is 1. The Kier molecular flexibility index (Phi) is 5.81. The van der Waals surface area contributed by atoms with E-state index in [9.17, 15) is 4.79 Å². The second-order valence-corrected chi connectivity index (χ2v) is 6.54. The highest BCUT2D eigenvalue weighted by Crippen LogP contribution is 2.36. The maximum atomic E-state index is 12.5. The molecule has 0 radical (unpaired) electrons. The summed E-state index contributed by atoms with van der Waals surface area (Å²) in [6.07, 6.45) is 1.52. The zero-order valence-corrected chi connectivity index (χ0v) is 16.8. The average Bonchev–Trinajstić information content (AvgIpc) is 2.68. The summed E-state index contributed by atoms with van der Waals surface area (Å²) in [5.74, 6) is 0.816. The molecule has 3 aromatic rings. The average molecular weight is 431 g/mol. The number of fused-ring (bicyclic) bond motifs is 1. The summed E-state index contributed by atoms with van der Waals surface area (Å²) < 4.78 is 16.8. The van der Waals surface area contributed by atoms with Gasteiger partial charge >= 0.3 is 5.97 Å². The second-order valence-electron chi connectivity index (χ2n) is 5.62. The molecule has 140 valence electrons. The van der Waals surface area contributed by atoms with Gasteiger partial charge in [0, 0.05) is 22.1 Å². The third-order valence-electron chi connectivity index (χ3n) is 3.99. The van der Waals surface area contributed by atoms with Gasteiger partial charge in [-0.05, 0) is 37.3 Å². The third kappa shape index (κ3) is 3.98. The number of benzene rings is 2. The molecule has 1 aromatic heterocycles. The normalized spacial score (nSPS) is 10.5. The van der Waals surface area contributed by atoms with Gasteiger partial charge in [0.05, 0.1) is 37.7 Å². The Morgan fingerprint density at radius 2 is 1.96 bits per heavy atom. The Bertz CT molecular complexity index is 991. The van der Waals surface area contributed by atoms with Crippen LogP contribution in [0.25, 0.3) is 10.9 Å². The Hall–Kier alpha value is -2.80. The van der Waals surface area contributed by atoms with Crippen molar-refractivity contribution >= 4 is 44.2 Å². The van der Waals surface area contributed by atoms with E-state index in [1.54, 1.807) is 27.2 Å². The van der Waals surface area contributed by atoms with Gasteiger partial charge in [-0.1, -0.05) is 15.9 Å². The highest BCUT2D eigenvalue weighted by atomic mass is 79.9. The number of halogens is 1. The quantitative estimate of drug-likeness (QED) is 0.558. The van der Waals surface area contributed by atoms with Crippen LogP contribution < -0.4 is 14.8 Å². The number of hydrogen-bond acceptors (Lipinski definition) is 6. The van der Waals surface area contributed by atoms with Gasteiger partial charge in [0.2, 0.25) is 0 Å². The van der Waals surface area contributed by atoms with Crippen LogP contribution in [0, 0.1) is 0 Å². The van der Waals surface area contributed by atoms with Crippen molar-refractivity contribution < 1.29 is 19.0 Å². The summed E-state index contributed by atoms with van der Waals surface area (Å²) in [4.78, 5) is 16.9. The van der Waals surface area contributed by atoms with E-state index < -0.39 is 5.97 Å². The summed E-state index contributed by atoms with van der Waals surface area (Å²) in [6.45, 7) is 2.04. The Morgan fingerprint density at radius 3 is 2.67 bits per heavy atom. The fourth-order valence-electron chi connectivity index (χ4n) is 2.70. The lowest BCUT2D eigenvalue weighted by atomic mass is 10.1. The first-order valence-corrected chi connectivity index (χ1v) is 9.11. The van der Waals surface area contributed by atoms with E-state index in [2.05, 4.69) is 26.2 Å². The Balaban J connectivity index is 2.17. The fourth-order valence-corrected chi connectivity index (χ4v) is 3.06. The van der Waals surface area contributed by atoms with E-state index in [1.807, 2.05) is 30.3 Å². The van der Waals surface area contributed by atoms with Crippen molar-refractivity contribution in [1.29, 1.82) is 0 Å². The maximum absolute atomic E-state index is 12.5. The summed E-state index contributed by atoms with van der Waals surface area (Å²) >= 11 is 3.48. The molecule has 1 heterocycles. The predicted molar refractivity (Wildman–Crippen MR) is 108 cm³/mol. The highest BCUT2D eigenvalue weighted by molar-refractivity contribution is 9.10. The molecule has 0 fully saturated rings. The number of carbonyl (C=O) groups is 1. The fraction of sp³-hybridized carbons (Fsp3) is 0.200. The number of esters is 1. The molecule has 3 rings (SSSR count). The molecule has 0 unspecified atom stereocenters. The number of pyridine rings is 1. The lowest BCUT2D eigenvalue weighted by Gasteiger charge is -2.17. The van der Waals surface area contributed by atoms with Gasteiger partial charge in [-0.15, -0.1) is 0 Å². The minimum absolute atomic E-state index is 0.278. The van der Waals surface area contributed by atoms with Crippen molar-refractivity contribution in [2.45, 2.75) is 6.92 Å². The van der Waals surface area contributed by atoms with Crippen LogP contribution in [0.15, 0.2) is 47.1 Å². The number of ether oxygens (including phenoxy) is 3. The van der Waals surface area contributed by atoms with Crippen LogP contribution >= 0.6 is 15.9 Å². The Labute approximate surface area is 165 Å². The molecule has 0 aliphatic rings. The smallest absolute Gasteiger partial charge is 0.341 e. The van der Waals surface area contributed by atoms with E-state index in [0.29, 0.717) is 28.4 Å². The largest absolute Gasteiger partial charge is 0.497 e. The van der Waals surface area contributed by atoms with Crippen LogP contribution in [-0.4, -0.2) is 31.8 Å². The van der Waals surface area contributed by atoms with Crippen LogP contribution in [0.3, 0.4) is 0 Å². The van der Waals surface area contributed by atoms with E-state index in [0.717, 1.165) is 15.4 Å². The maximum Gasteiger partial charge on any atom is 0.341 e. The third-order valence-corrected chi connectivity index (χ3v) is 4.49. The molecule has 27 heavy (non-hydrogen) atoms. The van der Waals surface area contributed by atoms with Gasteiger partial charge < -0.3 is 19.5 Å². The first-order chi connectivity index (χ1) is 13.1. The van der Waals surface area contributed by atoms with Crippen molar-refractivity contribution in [2.24, 2.45) is 0 Å². The van der Waals surface area contributed by atoms with Crippen LogP contribution in [0.4, 0.5) is 11.4 Å². The summed E-state index contributed by atoms with van der Waals surface area (Å²) in [6, 6.07) is 11.1. The van der Waals surface area contributed by atoms with Gasteiger partial charge in [-0.25, -0.2) is 4.79 Å². The molecule has 0 bridgehead atoms. The van der Waals surface area contributed by atoms with Gasteiger partial charge in [-0.3, -0.25) is 4.98 Å². The molecule has 0 spiro atoms. The number of nitrogens with one attached hydrogen (secondary N) is 1. The van der Waals surface area contributed by atoms with Gasteiger partial charge in [0.25, 0.3) is 0 Å². The van der Waals surface area contributed by atoms with Crippen LogP contribution in [0.5, 0.6) is 11.5 Å². The van der Waals surface area contributed by atoms with Crippen molar-refractivity contribution in [3.05, 3.63) is 52.6 Å². The van der Waals surface area contributed by atoms with Crippen molar-refractivity contribution in [2.75, 3.05) is 26.1 Å². The van der Waals surface area contributed by atoms with E-state index in [-0.39, 0.29) is 6.61 Å². The molecule has 0 saturated heterocycles. The zero-order valence-electron chi connectivity index (χ0n) is 15.2. The van der Waals surface area contributed by atoms with E-state index in [1.165, 1.54) is 6.20 Å². The molecule has 0 atom stereocenters. The Morgan fingerprint density at radius 1 is 1.15 bits per heavy atom. The second kappa shape index (κ2) is 8.26. The lowest BCUT2D eigenvalue weighted by Crippen LogP contribution is -2.09. The monoisotopic (exact) mass is 430 g/mol. The first kappa shape index (κ1) is 19.0. The molecule has 7 heteroatoms. The van der Waals surface area contributed by atoms with E-state index in [4.69, 9.17) is 14.2 Å². The highest BCUT2D eigenvalue weighted by Gasteiger charge is 2.18. The minimum atomic E-state index is -0.443. The van der Waals surface area contributed by atoms with Gasteiger partial charge in [0.1, 0.15) is 17.1 Å². The van der Waals surface area contributed by atoms with E-state index >= 15 is 0 Å². The molecule has 1 N–H and O–H groups in total. The molecular formula is C20H19BrN2O4. The number of methoxy groups -OCH3 is 2. The van der Waals surface area contributed by atoms with Gasteiger partial charge in [0.15, 0.2) is 0 Å². The molecule has 6 nitrogen and oxygen atoms in total. The first-order valence-electron chi connectivity index (χ1n) is 8.31. The lowest BCUT2D eigenvalue weighted by molar-refractivity contribution is 0.0527. The molecule has 2 aromatic carbocycles. The molecule has 0 aliphatic heterocycles. The SMILES string of the molecule is CCOC(=O)c1cnc2ccc(Br)cc2c1Nc1ccc(OC)cc1OC. The molecule has 0 saturated carbocycles. The molecular weight excluding hydrogens is 412 g/mol. The number of rotatable bonds is 6. The zero-order chi connectivity index (χ0) is 19.4. The number of anilines is 2. The number of aromatic nitrogens is 1. The minimum Gasteiger partial charge on any atom is -0.497 e. The summed E-state index contributed by atoms with van der Waals surface area (Å²) in [7, 11) is 3.17. The van der Waals surface area contributed by atoms with Crippen LogP contribution in [0.2, 0.25) is 0 Å². The van der Waals surface area contributed by atoms with Crippen LogP contribution in [-0.2, 0) is 4.74 Å². The molecule has 0 aliphatic carbocycles. The van der Waals surface area contributed by atoms with Gasteiger partial charge in [-0.2, -0.15) is 0 Å². The van der Waals surface area contributed by atoms with Crippen LogP contribution in [0.1, 0.15) is 17.3 Å². The number of hydrogen-bond donors (Lipinski definition) is 1.